The van der Waals surface area contributed by atoms with Gasteiger partial charge in [0.1, 0.15) is 0 Å². The number of halogens is 1. The van der Waals surface area contributed by atoms with Crippen LogP contribution >= 0.6 is 28.6 Å². The number of benzene rings is 1. The van der Waals surface area contributed by atoms with E-state index >= 15 is 0 Å². The summed E-state index contributed by atoms with van der Waals surface area (Å²) in [5, 5.41) is 0. The molecule has 0 saturated carbocycles. The first-order chi connectivity index (χ1) is 5.74. The molecule has 1 rings (SSSR count). The lowest BCUT2D eigenvalue weighted by Gasteiger charge is -2.02. The van der Waals surface area contributed by atoms with Gasteiger partial charge in [-0.15, -0.1) is 12.6 Å². The number of thiol groups is 1. The molecule has 0 aliphatic carbocycles. The quantitative estimate of drug-likeness (QED) is 0.762. The third-order valence-electron chi connectivity index (χ3n) is 1.83. The van der Waals surface area contributed by atoms with Crippen LogP contribution in [0.4, 0.5) is 0 Å². The Morgan fingerprint density at radius 1 is 1.42 bits per heavy atom. The number of aryl methyl sites for hydroxylation is 1. The Morgan fingerprint density at radius 3 is 2.75 bits per heavy atom. The van der Waals surface area contributed by atoms with Gasteiger partial charge in [0.05, 0.1) is 0 Å². The van der Waals surface area contributed by atoms with Crippen LogP contribution in [0.15, 0.2) is 27.6 Å². The van der Waals surface area contributed by atoms with Crippen LogP contribution in [0, 0.1) is 0 Å². The van der Waals surface area contributed by atoms with Crippen LogP contribution in [0.5, 0.6) is 0 Å². The Morgan fingerprint density at radius 2 is 2.17 bits per heavy atom. The van der Waals surface area contributed by atoms with E-state index in [2.05, 4.69) is 47.6 Å². The maximum atomic E-state index is 4.29. The first-order valence-corrected chi connectivity index (χ1v) is 5.45. The Bertz CT molecular complexity index is 258. The molecule has 0 unspecified atom stereocenters. The number of unbranched alkanes of at least 4 members (excludes halogenated alkanes) is 1. The van der Waals surface area contributed by atoms with Gasteiger partial charge >= 0.3 is 0 Å². The smallest absolute Gasteiger partial charge is 0.0311 e. The third-order valence-corrected chi connectivity index (χ3v) is 3.18. The van der Waals surface area contributed by atoms with Gasteiger partial charge in [-0.1, -0.05) is 19.4 Å². The molecule has 0 aliphatic heterocycles. The maximum absolute atomic E-state index is 4.29. The lowest BCUT2D eigenvalue weighted by molar-refractivity contribution is 0.794. The molecule has 0 aromatic heterocycles. The summed E-state index contributed by atoms with van der Waals surface area (Å²) in [7, 11) is 0. The van der Waals surface area contributed by atoms with Crippen LogP contribution < -0.4 is 0 Å². The van der Waals surface area contributed by atoms with Crippen molar-refractivity contribution in [3.05, 3.63) is 28.2 Å². The predicted molar refractivity (Wildman–Crippen MR) is 60.0 cm³/mol. The zero-order chi connectivity index (χ0) is 8.97. The molecule has 0 spiro atoms. The molecular weight excluding hydrogens is 232 g/mol. The van der Waals surface area contributed by atoms with Crippen molar-refractivity contribution >= 4 is 28.6 Å². The van der Waals surface area contributed by atoms with E-state index in [-0.39, 0.29) is 0 Å². The van der Waals surface area contributed by atoms with Crippen LogP contribution in [0.1, 0.15) is 25.3 Å². The number of rotatable bonds is 3. The van der Waals surface area contributed by atoms with Crippen molar-refractivity contribution in [2.24, 2.45) is 0 Å². The molecule has 0 bridgehead atoms. The second-order valence-corrected chi connectivity index (χ2v) is 4.23. The molecule has 0 atom stereocenters. The summed E-state index contributed by atoms with van der Waals surface area (Å²) in [6, 6.07) is 6.33. The van der Waals surface area contributed by atoms with Crippen molar-refractivity contribution in [1.29, 1.82) is 0 Å². The van der Waals surface area contributed by atoms with E-state index in [0.717, 1.165) is 9.37 Å². The summed E-state index contributed by atoms with van der Waals surface area (Å²) in [5.74, 6) is 0. The summed E-state index contributed by atoms with van der Waals surface area (Å²) in [6.07, 6.45) is 3.68. The predicted octanol–water partition coefficient (Wildman–Crippen LogP) is 4.08. The van der Waals surface area contributed by atoms with Crippen LogP contribution in [0.25, 0.3) is 0 Å². The van der Waals surface area contributed by atoms with Gasteiger partial charge in [0.25, 0.3) is 0 Å². The molecule has 0 N–H and O–H groups in total. The van der Waals surface area contributed by atoms with E-state index in [4.69, 9.17) is 0 Å². The number of hydrogen-bond donors (Lipinski definition) is 1. The first kappa shape index (κ1) is 10.1. The lowest BCUT2D eigenvalue weighted by Crippen LogP contribution is -1.84. The van der Waals surface area contributed by atoms with E-state index < -0.39 is 0 Å². The van der Waals surface area contributed by atoms with Gasteiger partial charge in [0.15, 0.2) is 0 Å². The second-order valence-electron chi connectivity index (χ2n) is 2.89. The molecule has 1 aromatic carbocycles. The van der Waals surface area contributed by atoms with Crippen molar-refractivity contribution in [2.45, 2.75) is 31.1 Å². The Balaban J connectivity index is 2.69. The Labute approximate surface area is 87.9 Å². The van der Waals surface area contributed by atoms with E-state index in [9.17, 15) is 0 Å². The minimum absolute atomic E-state index is 1.01. The third kappa shape index (κ3) is 2.83. The van der Waals surface area contributed by atoms with Gasteiger partial charge in [-0.3, -0.25) is 0 Å². The summed E-state index contributed by atoms with van der Waals surface area (Å²) in [6.45, 7) is 2.21. The highest BCUT2D eigenvalue weighted by atomic mass is 79.9. The topological polar surface area (TPSA) is 0 Å². The summed E-state index contributed by atoms with van der Waals surface area (Å²) in [4.78, 5) is 1.01. The zero-order valence-electron chi connectivity index (χ0n) is 7.18. The average molecular weight is 245 g/mol. The van der Waals surface area contributed by atoms with Crippen LogP contribution in [-0.4, -0.2) is 0 Å². The minimum Gasteiger partial charge on any atom is -0.142 e. The van der Waals surface area contributed by atoms with Gasteiger partial charge < -0.3 is 0 Å². The highest BCUT2D eigenvalue weighted by Crippen LogP contribution is 2.22. The van der Waals surface area contributed by atoms with Crippen LogP contribution in [0.3, 0.4) is 0 Å². The molecule has 0 radical (unpaired) electrons. The van der Waals surface area contributed by atoms with Gasteiger partial charge in [-0.25, -0.2) is 0 Å². The highest BCUT2D eigenvalue weighted by Gasteiger charge is 1.96. The van der Waals surface area contributed by atoms with Crippen molar-refractivity contribution in [2.75, 3.05) is 0 Å². The lowest BCUT2D eigenvalue weighted by atomic mass is 10.1. The van der Waals surface area contributed by atoms with Crippen molar-refractivity contribution in [3.8, 4) is 0 Å². The molecule has 12 heavy (non-hydrogen) atoms. The minimum atomic E-state index is 1.01. The van der Waals surface area contributed by atoms with Crippen molar-refractivity contribution < 1.29 is 0 Å². The van der Waals surface area contributed by atoms with Crippen LogP contribution in [-0.2, 0) is 6.42 Å². The molecule has 0 heterocycles. The van der Waals surface area contributed by atoms with E-state index in [0.29, 0.717) is 0 Å². The van der Waals surface area contributed by atoms with Gasteiger partial charge in [-0.2, -0.15) is 0 Å². The highest BCUT2D eigenvalue weighted by molar-refractivity contribution is 9.10. The molecular formula is C10H13BrS. The standard InChI is InChI=1S/C10H13BrS/c1-2-3-4-8-5-6-10(12)9(11)7-8/h5-7,12H,2-4H2,1H3. The molecule has 0 nitrogen and oxygen atoms in total. The monoisotopic (exact) mass is 244 g/mol. The summed E-state index contributed by atoms with van der Waals surface area (Å²) >= 11 is 7.75. The van der Waals surface area contributed by atoms with Gasteiger partial charge in [0, 0.05) is 9.37 Å². The summed E-state index contributed by atoms with van der Waals surface area (Å²) < 4.78 is 1.10. The van der Waals surface area contributed by atoms with Crippen molar-refractivity contribution in [3.63, 3.8) is 0 Å². The fraction of sp³-hybridized carbons (Fsp3) is 0.400. The SMILES string of the molecule is CCCCc1ccc(S)c(Br)c1. The summed E-state index contributed by atoms with van der Waals surface area (Å²) in [5.41, 5.74) is 1.39. The average Bonchev–Trinajstić information content (AvgIpc) is 2.07. The molecule has 0 aliphatic rings. The van der Waals surface area contributed by atoms with E-state index in [1.807, 2.05) is 6.07 Å². The van der Waals surface area contributed by atoms with Crippen LogP contribution in [0.2, 0.25) is 0 Å². The fourth-order valence-corrected chi connectivity index (χ4v) is 1.65. The van der Waals surface area contributed by atoms with Gasteiger partial charge in [-0.05, 0) is 46.5 Å². The molecule has 0 amide bonds. The molecule has 66 valence electrons. The Kier molecular flexibility index (Phi) is 4.16. The largest absolute Gasteiger partial charge is 0.142 e. The maximum Gasteiger partial charge on any atom is 0.0311 e. The normalized spacial score (nSPS) is 10.2. The Hall–Kier alpha value is 0.0500. The molecule has 0 saturated heterocycles. The van der Waals surface area contributed by atoms with Crippen molar-refractivity contribution in [1.82, 2.24) is 0 Å². The second kappa shape index (κ2) is 4.93. The van der Waals surface area contributed by atoms with E-state index in [1.165, 1.54) is 24.8 Å². The van der Waals surface area contributed by atoms with Gasteiger partial charge in [0.2, 0.25) is 0 Å². The fourth-order valence-electron chi connectivity index (χ4n) is 1.09. The molecule has 0 fully saturated rings. The van der Waals surface area contributed by atoms with E-state index in [1.54, 1.807) is 0 Å². The molecule has 1 aromatic rings. The number of hydrogen-bond acceptors (Lipinski definition) is 1. The first-order valence-electron chi connectivity index (χ1n) is 4.21. The molecule has 2 heteroatoms. The zero-order valence-corrected chi connectivity index (χ0v) is 9.66.